The Kier molecular flexibility index (Phi) is 4.36. The topological polar surface area (TPSA) is 72.6 Å². The molecule has 2 rings (SSSR count). The van der Waals surface area contributed by atoms with Gasteiger partial charge in [0.15, 0.2) is 0 Å². The number of nitrogens with two attached hydrogens (primary N) is 1. The van der Waals surface area contributed by atoms with E-state index in [0.29, 0.717) is 29.7 Å². The second-order valence-electron chi connectivity index (χ2n) is 5.42. The molecule has 1 fully saturated rings. The molecule has 1 aromatic rings. The average Bonchev–Trinajstić information content (AvgIpc) is 2.41. The van der Waals surface area contributed by atoms with Gasteiger partial charge in [-0.3, -0.25) is 0 Å². The predicted molar refractivity (Wildman–Crippen MR) is 78.2 cm³/mol. The summed E-state index contributed by atoms with van der Waals surface area (Å²) in [4.78, 5) is 0.303. The average molecular weight is 298 g/mol. The third-order valence-corrected chi connectivity index (χ3v) is 5.84. The minimum absolute atomic E-state index is 0.0992. The molecule has 0 saturated carbocycles. The largest absolute Gasteiger partial charge is 0.496 e. The second kappa shape index (κ2) is 5.71. The molecular formula is C14H22N2O3S. The summed E-state index contributed by atoms with van der Waals surface area (Å²) in [6.07, 6.45) is 0.801. The van der Waals surface area contributed by atoms with Gasteiger partial charge in [-0.2, -0.15) is 4.31 Å². The van der Waals surface area contributed by atoms with Gasteiger partial charge in [0.2, 0.25) is 10.0 Å². The molecule has 0 amide bonds. The molecule has 1 aromatic carbocycles. The summed E-state index contributed by atoms with van der Waals surface area (Å²) in [5.41, 5.74) is 6.80. The van der Waals surface area contributed by atoms with Crippen LogP contribution < -0.4 is 10.5 Å². The number of benzene rings is 1. The zero-order valence-corrected chi connectivity index (χ0v) is 13.0. The number of sulfonamides is 1. The summed E-state index contributed by atoms with van der Waals surface area (Å²) in [6.45, 7) is 4.81. The van der Waals surface area contributed by atoms with Crippen LogP contribution in [0.3, 0.4) is 0 Å². The minimum Gasteiger partial charge on any atom is -0.496 e. The van der Waals surface area contributed by atoms with Crippen molar-refractivity contribution in [3.8, 4) is 5.75 Å². The highest BCUT2D eigenvalue weighted by Crippen LogP contribution is 2.26. The van der Waals surface area contributed by atoms with Crippen LogP contribution in [0.15, 0.2) is 23.1 Å². The highest BCUT2D eigenvalue weighted by Gasteiger charge is 2.32. The van der Waals surface area contributed by atoms with Crippen molar-refractivity contribution >= 4 is 10.0 Å². The quantitative estimate of drug-likeness (QED) is 0.914. The molecule has 0 radical (unpaired) electrons. The van der Waals surface area contributed by atoms with E-state index in [1.54, 1.807) is 25.3 Å². The molecule has 112 valence electrons. The standard InChI is InChI=1S/C14H22N2O3S/c1-10-6-7-16(9-13(10)15)20(17,18)12-4-5-14(19-3)11(2)8-12/h4-5,8,10,13H,6-7,9,15H2,1-3H3. The van der Waals surface area contributed by atoms with Gasteiger partial charge in [0.05, 0.1) is 12.0 Å². The van der Waals surface area contributed by atoms with Crippen molar-refractivity contribution in [3.05, 3.63) is 23.8 Å². The van der Waals surface area contributed by atoms with Gasteiger partial charge in [0.1, 0.15) is 5.75 Å². The number of piperidine rings is 1. The number of hydrogen-bond acceptors (Lipinski definition) is 4. The Balaban J connectivity index is 2.29. The maximum atomic E-state index is 12.6. The summed E-state index contributed by atoms with van der Waals surface area (Å²) >= 11 is 0. The van der Waals surface area contributed by atoms with Crippen LogP contribution in [0.5, 0.6) is 5.75 Å². The molecule has 1 aliphatic rings. The molecule has 0 bridgehead atoms. The maximum Gasteiger partial charge on any atom is 0.243 e. The smallest absolute Gasteiger partial charge is 0.243 e. The fourth-order valence-corrected chi connectivity index (χ4v) is 4.02. The molecule has 1 aliphatic heterocycles. The fraction of sp³-hybridized carbons (Fsp3) is 0.571. The molecule has 2 N–H and O–H groups in total. The number of rotatable bonds is 3. The molecule has 0 spiro atoms. The van der Waals surface area contributed by atoms with E-state index in [-0.39, 0.29) is 6.04 Å². The van der Waals surface area contributed by atoms with E-state index in [1.165, 1.54) is 4.31 Å². The number of nitrogens with zero attached hydrogens (tertiary/aromatic N) is 1. The van der Waals surface area contributed by atoms with Crippen LogP contribution in [0, 0.1) is 12.8 Å². The molecule has 6 heteroatoms. The molecule has 0 aromatic heterocycles. The lowest BCUT2D eigenvalue weighted by Gasteiger charge is -2.34. The zero-order valence-electron chi connectivity index (χ0n) is 12.2. The number of aryl methyl sites for hydroxylation is 1. The van der Waals surface area contributed by atoms with Crippen LogP contribution in [-0.4, -0.2) is 39.0 Å². The Morgan fingerprint density at radius 3 is 2.65 bits per heavy atom. The van der Waals surface area contributed by atoms with Crippen molar-refractivity contribution in [1.82, 2.24) is 4.31 Å². The molecule has 5 nitrogen and oxygen atoms in total. The highest BCUT2D eigenvalue weighted by atomic mass is 32.2. The van der Waals surface area contributed by atoms with Gasteiger partial charge in [0, 0.05) is 19.1 Å². The molecule has 1 saturated heterocycles. The van der Waals surface area contributed by atoms with Gasteiger partial charge in [-0.25, -0.2) is 8.42 Å². The number of methoxy groups -OCH3 is 1. The third-order valence-electron chi connectivity index (χ3n) is 3.98. The van der Waals surface area contributed by atoms with E-state index in [1.807, 2.05) is 6.92 Å². The van der Waals surface area contributed by atoms with Crippen molar-refractivity contribution < 1.29 is 13.2 Å². The van der Waals surface area contributed by atoms with Crippen LogP contribution >= 0.6 is 0 Å². The van der Waals surface area contributed by atoms with Crippen molar-refractivity contribution in [2.45, 2.75) is 31.2 Å². The van der Waals surface area contributed by atoms with Crippen LogP contribution in [-0.2, 0) is 10.0 Å². The van der Waals surface area contributed by atoms with Crippen LogP contribution in [0.4, 0.5) is 0 Å². The number of hydrogen-bond donors (Lipinski definition) is 1. The molecule has 2 atom stereocenters. The van der Waals surface area contributed by atoms with Crippen LogP contribution in [0.25, 0.3) is 0 Å². The summed E-state index contributed by atoms with van der Waals surface area (Å²) < 4.78 is 31.9. The Bertz CT molecular complexity index is 586. The van der Waals surface area contributed by atoms with Crippen LogP contribution in [0.1, 0.15) is 18.9 Å². The van der Waals surface area contributed by atoms with Gasteiger partial charge in [0.25, 0.3) is 0 Å². The van der Waals surface area contributed by atoms with Crippen molar-refractivity contribution in [2.24, 2.45) is 11.7 Å². The molecule has 0 aliphatic carbocycles. The molecule has 1 heterocycles. The van der Waals surface area contributed by atoms with Gasteiger partial charge in [-0.1, -0.05) is 6.92 Å². The Labute approximate surface area is 120 Å². The van der Waals surface area contributed by atoms with Gasteiger partial charge in [-0.15, -0.1) is 0 Å². The Hall–Kier alpha value is -1.11. The van der Waals surface area contributed by atoms with Crippen LogP contribution in [0.2, 0.25) is 0 Å². The van der Waals surface area contributed by atoms with E-state index < -0.39 is 10.0 Å². The van der Waals surface area contributed by atoms with E-state index in [2.05, 4.69) is 6.92 Å². The first-order valence-corrected chi connectivity index (χ1v) is 8.20. The van der Waals surface area contributed by atoms with E-state index in [4.69, 9.17) is 10.5 Å². The summed E-state index contributed by atoms with van der Waals surface area (Å²) in [7, 11) is -1.90. The zero-order chi connectivity index (χ0) is 14.9. The Morgan fingerprint density at radius 2 is 2.10 bits per heavy atom. The Morgan fingerprint density at radius 1 is 1.40 bits per heavy atom. The maximum absolute atomic E-state index is 12.6. The summed E-state index contributed by atoms with van der Waals surface area (Å²) in [5.74, 6) is 1.05. The second-order valence-corrected chi connectivity index (χ2v) is 7.36. The van der Waals surface area contributed by atoms with E-state index in [0.717, 1.165) is 12.0 Å². The lowest BCUT2D eigenvalue weighted by Crippen LogP contribution is -2.49. The predicted octanol–water partition coefficient (Wildman–Crippen LogP) is 1.36. The summed E-state index contributed by atoms with van der Waals surface area (Å²) in [5, 5.41) is 0. The molecule has 20 heavy (non-hydrogen) atoms. The minimum atomic E-state index is -3.47. The van der Waals surface area contributed by atoms with Crippen molar-refractivity contribution in [2.75, 3.05) is 20.2 Å². The van der Waals surface area contributed by atoms with E-state index in [9.17, 15) is 8.42 Å². The first kappa shape index (κ1) is 15.3. The lowest BCUT2D eigenvalue weighted by molar-refractivity contribution is 0.253. The van der Waals surface area contributed by atoms with E-state index >= 15 is 0 Å². The molecular weight excluding hydrogens is 276 g/mol. The van der Waals surface area contributed by atoms with Crippen molar-refractivity contribution in [1.29, 1.82) is 0 Å². The van der Waals surface area contributed by atoms with Gasteiger partial charge < -0.3 is 10.5 Å². The first-order chi connectivity index (χ1) is 9.36. The third kappa shape index (κ3) is 2.82. The lowest BCUT2D eigenvalue weighted by atomic mass is 9.96. The van der Waals surface area contributed by atoms with Crippen molar-refractivity contribution in [3.63, 3.8) is 0 Å². The molecule has 2 unspecified atom stereocenters. The summed E-state index contributed by atoms with van der Waals surface area (Å²) in [6, 6.07) is 4.83. The normalized spacial score (nSPS) is 24.6. The van der Waals surface area contributed by atoms with Gasteiger partial charge in [-0.05, 0) is 43.0 Å². The first-order valence-electron chi connectivity index (χ1n) is 6.76. The SMILES string of the molecule is COc1ccc(S(=O)(=O)N2CCC(C)C(N)C2)cc1C. The fourth-order valence-electron chi connectivity index (χ4n) is 2.45. The highest BCUT2D eigenvalue weighted by molar-refractivity contribution is 7.89. The monoisotopic (exact) mass is 298 g/mol. The van der Waals surface area contributed by atoms with Gasteiger partial charge >= 0.3 is 0 Å². The number of ether oxygens (including phenoxy) is 1.